The van der Waals surface area contributed by atoms with Gasteiger partial charge in [-0.3, -0.25) is 14.4 Å². The molecule has 4 rings (SSSR count). The Labute approximate surface area is 179 Å². The van der Waals surface area contributed by atoms with Gasteiger partial charge in [-0.25, -0.2) is 0 Å². The van der Waals surface area contributed by atoms with Crippen molar-refractivity contribution in [1.29, 1.82) is 0 Å². The van der Waals surface area contributed by atoms with Crippen LogP contribution in [0, 0.1) is 34.0 Å². The minimum absolute atomic E-state index is 0.000802. The van der Waals surface area contributed by atoms with E-state index in [0.29, 0.717) is 5.92 Å². The minimum Gasteiger partial charge on any atom is -0.462 e. The molecule has 0 amide bonds. The van der Waals surface area contributed by atoms with E-state index < -0.39 is 0 Å². The molecule has 0 radical (unpaired) electrons. The lowest BCUT2D eigenvalue weighted by Gasteiger charge is -2.60. The number of carbonyl (C=O) groups excluding carboxylic acids is 3. The number of hydrogen-bond acceptors (Lipinski definition) is 5. The molecule has 166 valence electrons. The van der Waals surface area contributed by atoms with Crippen LogP contribution < -0.4 is 0 Å². The molecule has 30 heavy (non-hydrogen) atoms. The largest absolute Gasteiger partial charge is 0.462 e. The van der Waals surface area contributed by atoms with Gasteiger partial charge in [-0.15, -0.1) is 0 Å². The second-order valence-electron chi connectivity index (χ2n) is 11.2. The van der Waals surface area contributed by atoms with E-state index in [2.05, 4.69) is 27.7 Å². The maximum atomic E-state index is 13.6. The quantitative estimate of drug-likeness (QED) is 0.614. The van der Waals surface area contributed by atoms with Crippen molar-refractivity contribution in [3.8, 4) is 0 Å². The molecule has 0 spiro atoms. The Hall–Kier alpha value is -1.65. The number of rotatable bonds is 2. The van der Waals surface area contributed by atoms with E-state index in [4.69, 9.17) is 9.47 Å². The van der Waals surface area contributed by atoms with Crippen LogP contribution in [-0.4, -0.2) is 29.9 Å². The molecule has 0 N–H and O–H groups in total. The normalized spacial score (nSPS) is 44.3. The van der Waals surface area contributed by atoms with E-state index in [1.165, 1.54) is 13.8 Å². The Bertz CT molecular complexity index is 810. The van der Waals surface area contributed by atoms with Crippen molar-refractivity contribution in [1.82, 2.24) is 0 Å². The summed E-state index contributed by atoms with van der Waals surface area (Å²) in [6.45, 7) is 11.7. The Morgan fingerprint density at radius 2 is 1.50 bits per heavy atom. The standard InChI is InChI=1S/C25H36O5/c1-14(26)29-20-10-12-24(5)17-9-11-25(6)16(7-8-21(25)30-15(2)27)22(17)18(28)13-19(24)23(20,3)4/h13,16-17,20-22H,7-12H2,1-6H3/t16?,17?,20-,21-,22?,24?,25?/m0/s1. The lowest BCUT2D eigenvalue weighted by atomic mass is 9.44. The first kappa shape index (κ1) is 21.6. The maximum absolute atomic E-state index is 13.6. The first-order chi connectivity index (χ1) is 13.9. The van der Waals surface area contributed by atoms with Crippen LogP contribution in [0.1, 0.15) is 80.1 Å². The van der Waals surface area contributed by atoms with Crippen LogP contribution >= 0.6 is 0 Å². The predicted molar refractivity (Wildman–Crippen MR) is 112 cm³/mol. The van der Waals surface area contributed by atoms with Gasteiger partial charge in [-0.05, 0) is 61.9 Å². The van der Waals surface area contributed by atoms with Gasteiger partial charge in [0.1, 0.15) is 12.2 Å². The van der Waals surface area contributed by atoms with Crippen molar-refractivity contribution >= 4 is 17.7 Å². The highest BCUT2D eigenvalue weighted by Crippen LogP contribution is 2.66. The molecule has 0 aromatic carbocycles. The van der Waals surface area contributed by atoms with Gasteiger partial charge in [0.05, 0.1) is 0 Å². The van der Waals surface area contributed by atoms with Gasteiger partial charge in [-0.2, -0.15) is 0 Å². The first-order valence-electron chi connectivity index (χ1n) is 11.5. The summed E-state index contributed by atoms with van der Waals surface area (Å²) in [5.74, 6) is 0.308. The molecular formula is C25H36O5. The van der Waals surface area contributed by atoms with Crippen molar-refractivity contribution in [2.75, 3.05) is 0 Å². The Balaban J connectivity index is 1.70. The van der Waals surface area contributed by atoms with Crippen molar-refractivity contribution in [3.63, 3.8) is 0 Å². The molecule has 5 unspecified atom stereocenters. The van der Waals surface area contributed by atoms with Gasteiger partial charge < -0.3 is 9.47 Å². The van der Waals surface area contributed by atoms with Crippen molar-refractivity contribution < 1.29 is 23.9 Å². The molecule has 0 aromatic heterocycles. The van der Waals surface area contributed by atoms with E-state index in [1.807, 2.05) is 6.08 Å². The van der Waals surface area contributed by atoms with Crippen LogP contribution in [0.5, 0.6) is 0 Å². The van der Waals surface area contributed by atoms with Crippen molar-refractivity contribution in [3.05, 3.63) is 11.6 Å². The third kappa shape index (κ3) is 2.98. The monoisotopic (exact) mass is 416 g/mol. The molecule has 0 bridgehead atoms. The molecule has 0 aliphatic heterocycles. The second-order valence-corrected chi connectivity index (χ2v) is 11.2. The predicted octanol–water partition coefficient (Wildman–Crippen LogP) is 4.63. The fraction of sp³-hybridized carbons (Fsp3) is 0.800. The molecule has 0 saturated heterocycles. The van der Waals surface area contributed by atoms with Gasteiger partial charge in [0.15, 0.2) is 5.78 Å². The van der Waals surface area contributed by atoms with E-state index in [0.717, 1.165) is 44.1 Å². The van der Waals surface area contributed by atoms with Crippen LogP contribution in [0.15, 0.2) is 11.6 Å². The summed E-state index contributed by atoms with van der Waals surface area (Å²) < 4.78 is 11.4. The summed E-state index contributed by atoms with van der Waals surface area (Å²) >= 11 is 0. The summed E-state index contributed by atoms with van der Waals surface area (Å²) in [7, 11) is 0. The summed E-state index contributed by atoms with van der Waals surface area (Å²) in [6, 6.07) is 0. The number of hydrogen-bond donors (Lipinski definition) is 0. The molecule has 7 atom stereocenters. The van der Waals surface area contributed by atoms with E-state index in [-0.39, 0.29) is 58.0 Å². The van der Waals surface area contributed by atoms with Gasteiger partial charge in [0.25, 0.3) is 0 Å². The molecule has 4 aliphatic rings. The second kappa shape index (κ2) is 6.93. The average Bonchev–Trinajstić information content (AvgIpc) is 2.95. The van der Waals surface area contributed by atoms with Gasteiger partial charge in [0, 0.05) is 30.6 Å². The van der Waals surface area contributed by atoms with Crippen LogP contribution in [0.4, 0.5) is 0 Å². The number of allylic oxidation sites excluding steroid dienone is 1. The van der Waals surface area contributed by atoms with E-state index in [1.54, 1.807) is 0 Å². The zero-order valence-electron chi connectivity index (χ0n) is 19.2. The number of esters is 2. The number of fused-ring (bicyclic) bond motifs is 5. The maximum Gasteiger partial charge on any atom is 0.302 e. The van der Waals surface area contributed by atoms with Gasteiger partial charge >= 0.3 is 11.9 Å². The molecule has 0 heterocycles. The highest BCUT2D eigenvalue weighted by molar-refractivity contribution is 5.95. The van der Waals surface area contributed by atoms with Gasteiger partial charge in [0.2, 0.25) is 0 Å². The molecular weight excluding hydrogens is 380 g/mol. The zero-order chi connectivity index (χ0) is 22.1. The zero-order valence-corrected chi connectivity index (χ0v) is 19.2. The van der Waals surface area contributed by atoms with Crippen molar-refractivity contribution in [2.45, 2.75) is 92.3 Å². The van der Waals surface area contributed by atoms with Crippen LogP contribution in [0.25, 0.3) is 0 Å². The minimum atomic E-state index is -0.351. The van der Waals surface area contributed by atoms with Crippen LogP contribution in [-0.2, 0) is 23.9 Å². The molecule has 5 heteroatoms. The first-order valence-corrected chi connectivity index (χ1v) is 11.5. The fourth-order valence-electron chi connectivity index (χ4n) is 7.81. The number of carbonyl (C=O) groups is 3. The lowest BCUT2D eigenvalue weighted by molar-refractivity contribution is -0.161. The van der Waals surface area contributed by atoms with E-state index >= 15 is 0 Å². The Kier molecular flexibility index (Phi) is 4.98. The number of ether oxygens (including phenoxy) is 2. The Morgan fingerprint density at radius 3 is 2.13 bits per heavy atom. The fourth-order valence-corrected chi connectivity index (χ4v) is 7.81. The molecule has 3 fully saturated rings. The molecule has 5 nitrogen and oxygen atoms in total. The Morgan fingerprint density at radius 1 is 0.867 bits per heavy atom. The smallest absolute Gasteiger partial charge is 0.302 e. The van der Waals surface area contributed by atoms with Gasteiger partial charge in [-0.1, -0.05) is 33.3 Å². The topological polar surface area (TPSA) is 69.7 Å². The van der Waals surface area contributed by atoms with Crippen molar-refractivity contribution in [2.24, 2.45) is 34.0 Å². The highest BCUT2D eigenvalue weighted by Gasteiger charge is 2.64. The molecule has 3 saturated carbocycles. The highest BCUT2D eigenvalue weighted by atomic mass is 16.5. The molecule has 0 aromatic rings. The van der Waals surface area contributed by atoms with Crippen LogP contribution in [0.2, 0.25) is 0 Å². The average molecular weight is 417 g/mol. The molecule has 4 aliphatic carbocycles. The summed E-state index contributed by atoms with van der Waals surface area (Å²) in [5, 5.41) is 0. The summed E-state index contributed by atoms with van der Waals surface area (Å²) in [5.41, 5.74) is 0.640. The third-order valence-corrected chi connectivity index (χ3v) is 9.27. The van der Waals surface area contributed by atoms with E-state index in [9.17, 15) is 14.4 Å². The summed E-state index contributed by atoms with van der Waals surface area (Å²) in [4.78, 5) is 36.9. The summed E-state index contributed by atoms with van der Waals surface area (Å²) in [6.07, 6.45) is 7.16. The number of ketones is 1. The van der Waals surface area contributed by atoms with Crippen LogP contribution in [0.3, 0.4) is 0 Å². The third-order valence-electron chi connectivity index (χ3n) is 9.27. The lowest BCUT2D eigenvalue weighted by Crippen LogP contribution is -2.57. The SMILES string of the molecule is CC(=O)O[C@H]1CCC2(C)C(=CC(=O)C3C2CCC2(C)C3CC[C@@H]2OC(C)=O)C1(C)C.